The summed E-state index contributed by atoms with van der Waals surface area (Å²) in [5.74, 6) is 0. The normalized spacial score (nSPS) is 12.4. The van der Waals surface area contributed by atoms with Gasteiger partial charge in [-0.2, -0.15) is 0 Å². The first-order valence-corrected chi connectivity index (χ1v) is 27.5. The van der Waals surface area contributed by atoms with E-state index in [-0.39, 0.29) is 0 Å². The standard InChI is InChI=1S/C79H52/c1-5-22-53(23-6-1)61-44-62(54-24-7-2-8-25-54)47-65(46-61)57-30-19-32-59(42-57)67-50-68(60-33-20-31-58(43-60)66-48-63(55-26-9-3-10-27-55)45-64(49-66)56-28-11-4-12-29-56)52-69(51-67)70-37-21-41-77-78(70)73-36-15-18-40-76(73)79(77)74-38-16-13-34-71(74)72-35-14-17-39-75(72)79/h1-52H. The lowest BCUT2D eigenvalue weighted by atomic mass is 9.70. The highest BCUT2D eigenvalue weighted by atomic mass is 14.5. The van der Waals surface area contributed by atoms with Crippen molar-refractivity contribution in [3.63, 3.8) is 0 Å². The Morgan fingerprint density at radius 2 is 0.367 bits per heavy atom. The van der Waals surface area contributed by atoms with Gasteiger partial charge in [-0.15, -0.1) is 0 Å². The maximum atomic E-state index is 2.44. The molecule has 0 saturated heterocycles. The predicted octanol–water partition coefficient (Wildman–Crippen LogP) is 21.0. The van der Waals surface area contributed by atoms with Gasteiger partial charge < -0.3 is 0 Å². The number of hydrogen-bond donors (Lipinski definition) is 0. The van der Waals surface area contributed by atoms with Crippen molar-refractivity contribution in [2.45, 2.75) is 5.41 Å². The zero-order valence-corrected chi connectivity index (χ0v) is 43.5. The quantitative estimate of drug-likeness (QED) is 0.135. The first kappa shape index (κ1) is 46.2. The van der Waals surface area contributed by atoms with Crippen molar-refractivity contribution in [2.24, 2.45) is 0 Å². The Labute approximate surface area is 462 Å². The molecule has 0 atom stereocenters. The molecule has 13 aromatic rings. The molecule has 79 heavy (non-hydrogen) atoms. The zero-order valence-electron chi connectivity index (χ0n) is 43.5. The summed E-state index contributed by atoms with van der Waals surface area (Å²) >= 11 is 0. The molecule has 0 heteroatoms. The number of fused-ring (bicyclic) bond motifs is 10. The van der Waals surface area contributed by atoms with Crippen LogP contribution in [0.5, 0.6) is 0 Å². The molecule has 0 bridgehead atoms. The van der Waals surface area contributed by atoms with Gasteiger partial charge in [0.15, 0.2) is 0 Å². The van der Waals surface area contributed by atoms with E-state index in [4.69, 9.17) is 0 Å². The molecule has 0 N–H and O–H groups in total. The van der Waals surface area contributed by atoms with E-state index in [1.807, 2.05) is 0 Å². The third-order valence-electron chi connectivity index (χ3n) is 16.6. The Hall–Kier alpha value is -10.1. The Morgan fingerprint density at radius 1 is 0.139 bits per heavy atom. The lowest BCUT2D eigenvalue weighted by molar-refractivity contribution is 0.794. The van der Waals surface area contributed by atoms with Gasteiger partial charge in [0, 0.05) is 0 Å². The Morgan fingerprint density at radius 3 is 0.734 bits per heavy atom. The second kappa shape index (κ2) is 19.2. The number of rotatable bonds is 9. The summed E-state index contributed by atoms with van der Waals surface area (Å²) in [6.45, 7) is 0. The van der Waals surface area contributed by atoms with Crippen molar-refractivity contribution in [3.8, 4) is 122 Å². The fraction of sp³-hybridized carbons (Fsp3) is 0.0127. The molecule has 15 rings (SSSR count). The monoisotopic (exact) mass is 1000 g/mol. The Bertz CT molecular complexity index is 4100. The smallest absolute Gasteiger partial charge is 0.0622 e. The minimum absolute atomic E-state index is 0.446. The SMILES string of the molecule is c1ccc(-c2cc(-c3ccccc3)cc(-c3cccc(-c4cc(-c5cccc(-c6cc(-c7ccccc7)cc(-c7ccccc7)c6)c5)cc(-c5cccc6c5-c5ccccc5C65c6ccccc6-c6ccccc65)c4)c3)c2)cc1. The van der Waals surface area contributed by atoms with Gasteiger partial charge in [0.05, 0.1) is 5.41 Å². The van der Waals surface area contributed by atoms with Gasteiger partial charge in [0.2, 0.25) is 0 Å². The summed E-state index contributed by atoms with van der Waals surface area (Å²) in [7, 11) is 0. The molecule has 0 radical (unpaired) electrons. The van der Waals surface area contributed by atoms with Crippen molar-refractivity contribution in [2.75, 3.05) is 0 Å². The fourth-order valence-electron chi connectivity index (χ4n) is 13.0. The van der Waals surface area contributed by atoms with Gasteiger partial charge in [-0.1, -0.05) is 249 Å². The van der Waals surface area contributed by atoms with Gasteiger partial charge in [-0.05, 0) is 211 Å². The van der Waals surface area contributed by atoms with Crippen molar-refractivity contribution < 1.29 is 0 Å². The van der Waals surface area contributed by atoms with Crippen LogP contribution in [0.3, 0.4) is 0 Å². The molecule has 0 saturated carbocycles. The van der Waals surface area contributed by atoms with E-state index < -0.39 is 5.41 Å². The molecule has 0 aliphatic heterocycles. The van der Waals surface area contributed by atoms with Crippen LogP contribution >= 0.6 is 0 Å². The van der Waals surface area contributed by atoms with E-state index in [1.165, 1.54) is 122 Å². The lowest BCUT2D eigenvalue weighted by Crippen LogP contribution is -2.25. The van der Waals surface area contributed by atoms with Gasteiger partial charge in [0.1, 0.15) is 0 Å². The van der Waals surface area contributed by atoms with Crippen molar-refractivity contribution in [1.82, 2.24) is 0 Å². The zero-order chi connectivity index (χ0) is 52.3. The highest BCUT2D eigenvalue weighted by Crippen LogP contribution is 2.64. The predicted molar refractivity (Wildman–Crippen MR) is 332 cm³/mol. The average Bonchev–Trinajstić information content (AvgIpc) is 4.23. The molecule has 2 aliphatic carbocycles. The topological polar surface area (TPSA) is 0 Å². The van der Waals surface area contributed by atoms with Crippen LogP contribution in [0.15, 0.2) is 315 Å². The van der Waals surface area contributed by atoms with E-state index in [1.54, 1.807) is 0 Å². The third-order valence-corrected chi connectivity index (χ3v) is 16.6. The summed E-state index contributed by atoms with van der Waals surface area (Å²) in [6, 6.07) is 117. The Balaban J connectivity index is 0.935. The second-order valence-electron chi connectivity index (χ2n) is 21.1. The van der Waals surface area contributed by atoms with E-state index in [2.05, 4.69) is 315 Å². The van der Waals surface area contributed by atoms with Crippen LogP contribution in [-0.2, 0) is 5.41 Å². The van der Waals surface area contributed by atoms with Crippen LogP contribution in [0.4, 0.5) is 0 Å². The van der Waals surface area contributed by atoms with Crippen LogP contribution in [0, 0.1) is 0 Å². The van der Waals surface area contributed by atoms with Crippen molar-refractivity contribution in [3.05, 3.63) is 338 Å². The molecular formula is C79H52. The Kier molecular flexibility index (Phi) is 11.2. The highest BCUT2D eigenvalue weighted by molar-refractivity contribution is 6.01. The molecule has 1 spiro atoms. The first-order chi connectivity index (χ1) is 39.1. The largest absolute Gasteiger partial charge is 0.0725 e. The maximum absolute atomic E-state index is 2.44. The lowest BCUT2D eigenvalue weighted by Gasteiger charge is -2.30. The van der Waals surface area contributed by atoms with Crippen LogP contribution in [-0.4, -0.2) is 0 Å². The first-order valence-electron chi connectivity index (χ1n) is 27.5. The summed E-state index contributed by atoms with van der Waals surface area (Å²) < 4.78 is 0. The minimum atomic E-state index is -0.446. The maximum Gasteiger partial charge on any atom is 0.0725 e. The molecule has 0 nitrogen and oxygen atoms in total. The van der Waals surface area contributed by atoms with Crippen LogP contribution in [0.2, 0.25) is 0 Å². The van der Waals surface area contributed by atoms with Crippen molar-refractivity contribution in [1.29, 1.82) is 0 Å². The molecule has 0 amide bonds. The van der Waals surface area contributed by atoms with Gasteiger partial charge in [0.25, 0.3) is 0 Å². The minimum Gasteiger partial charge on any atom is -0.0622 e. The van der Waals surface area contributed by atoms with E-state index in [9.17, 15) is 0 Å². The molecule has 0 fully saturated rings. The third kappa shape index (κ3) is 7.91. The van der Waals surface area contributed by atoms with Crippen LogP contribution in [0.25, 0.3) is 122 Å². The summed E-state index contributed by atoms with van der Waals surface area (Å²) in [5.41, 5.74) is 31.5. The molecule has 2 aliphatic rings. The molecular weight excluding hydrogens is 949 g/mol. The molecule has 368 valence electrons. The van der Waals surface area contributed by atoms with Crippen LogP contribution < -0.4 is 0 Å². The average molecular weight is 1000 g/mol. The summed E-state index contributed by atoms with van der Waals surface area (Å²) in [4.78, 5) is 0. The van der Waals surface area contributed by atoms with Gasteiger partial charge >= 0.3 is 0 Å². The number of hydrogen-bond acceptors (Lipinski definition) is 0. The molecule has 0 heterocycles. The van der Waals surface area contributed by atoms with Crippen molar-refractivity contribution >= 4 is 0 Å². The fourth-order valence-corrected chi connectivity index (χ4v) is 13.0. The van der Waals surface area contributed by atoms with Crippen LogP contribution in [0.1, 0.15) is 22.3 Å². The molecule has 13 aromatic carbocycles. The number of benzene rings is 13. The summed E-state index contributed by atoms with van der Waals surface area (Å²) in [6.07, 6.45) is 0. The highest BCUT2D eigenvalue weighted by Gasteiger charge is 2.52. The summed E-state index contributed by atoms with van der Waals surface area (Å²) in [5, 5.41) is 0. The van der Waals surface area contributed by atoms with Gasteiger partial charge in [-0.3, -0.25) is 0 Å². The second-order valence-corrected chi connectivity index (χ2v) is 21.1. The van der Waals surface area contributed by atoms with E-state index in [0.717, 1.165) is 22.3 Å². The molecule has 0 aromatic heterocycles. The van der Waals surface area contributed by atoms with Gasteiger partial charge in [-0.25, -0.2) is 0 Å². The van der Waals surface area contributed by atoms with E-state index >= 15 is 0 Å². The molecule has 0 unspecified atom stereocenters. The van der Waals surface area contributed by atoms with E-state index in [0.29, 0.717) is 0 Å².